The normalized spacial score (nSPS) is 8.59. The summed E-state index contributed by atoms with van der Waals surface area (Å²) < 4.78 is 15.4. The van der Waals surface area contributed by atoms with Crippen LogP contribution in [0.4, 0.5) is 0 Å². The summed E-state index contributed by atoms with van der Waals surface area (Å²) in [6.45, 7) is 8.29. The van der Waals surface area contributed by atoms with Crippen LogP contribution in [0.3, 0.4) is 0 Å². The van der Waals surface area contributed by atoms with Gasteiger partial charge in [-0.3, -0.25) is 0 Å². The van der Waals surface area contributed by atoms with Gasteiger partial charge in [-0.25, -0.2) is 0 Å². The molecule has 0 aromatic rings. The molecular weight excluding hydrogens is 468 g/mol. The van der Waals surface area contributed by atoms with Gasteiger partial charge in [-0.2, -0.15) is 0 Å². The van der Waals surface area contributed by atoms with Gasteiger partial charge in [-0.15, -0.1) is 0 Å². The second kappa shape index (κ2) is 28.8. The van der Waals surface area contributed by atoms with Crippen molar-refractivity contribution in [2.45, 2.75) is 40.5 Å². The van der Waals surface area contributed by atoms with Gasteiger partial charge in [0.15, 0.2) is 0 Å². The summed E-state index contributed by atoms with van der Waals surface area (Å²) in [6, 6.07) is 0. The van der Waals surface area contributed by atoms with Crippen LogP contribution < -0.4 is 0 Å². The van der Waals surface area contributed by atoms with Gasteiger partial charge in [0, 0.05) is 0 Å². The summed E-state index contributed by atoms with van der Waals surface area (Å²) in [5.74, 6) is -0.162. The first-order valence-electron chi connectivity index (χ1n) is 6.52. The molecule has 9 heteroatoms. The van der Waals surface area contributed by atoms with Gasteiger partial charge in [-0.05, 0) is 33.6 Å². The van der Waals surface area contributed by atoms with Crippen LogP contribution in [0.5, 0.6) is 0 Å². The molecule has 0 heterocycles. The molecule has 6 nitrogen and oxygen atoms in total. The molecule has 0 aliphatic heterocycles. The minimum absolute atomic E-state index is 0.162. The average Bonchev–Trinajstić information content (AvgIpc) is 2.50. The quantitative estimate of drug-likeness (QED) is 0.307. The average molecular weight is 497 g/mol. The zero-order chi connectivity index (χ0) is 18.4. The van der Waals surface area contributed by atoms with Gasteiger partial charge >= 0.3 is 90.5 Å². The van der Waals surface area contributed by atoms with Crippen LogP contribution in [0.15, 0.2) is 23.3 Å². The Labute approximate surface area is 158 Å². The van der Waals surface area contributed by atoms with Gasteiger partial charge in [0.05, 0.1) is 6.61 Å². The zero-order valence-electron chi connectivity index (χ0n) is 14.5. The van der Waals surface area contributed by atoms with E-state index in [0.29, 0.717) is 22.6 Å². The SMILES string of the molecule is CC(=O)[O][GeH3].CC(C)=CCC/C(C)=C/CO.O=C[O][GeH3].[N]#[GeH]. The number of nitrogens with zero attached hydrogens (tertiary/aromatic N) is 1. The molecule has 0 bridgehead atoms. The fraction of sp³-hybridized carbons (Fsp3) is 0.538. The van der Waals surface area contributed by atoms with Gasteiger partial charge in [0.25, 0.3) is 0 Å². The summed E-state index contributed by atoms with van der Waals surface area (Å²) >= 11 is 1.17. The van der Waals surface area contributed by atoms with Crippen LogP contribution in [-0.4, -0.2) is 74.0 Å². The molecule has 0 aliphatic carbocycles. The molecule has 0 spiro atoms. The summed E-state index contributed by atoms with van der Waals surface area (Å²) in [4.78, 5) is 18.6. The van der Waals surface area contributed by atoms with Gasteiger partial charge in [0.1, 0.15) is 0 Å². The van der Waals surface area contributed by atoms with E-state index in [0.717, 1.165) is 12.8 Å². The Kier molecular flexibility index (Phi) is 38.9. The Morgan fingerprint density at radius 1 is 1.18 bits per heavy atom. The Balaban J connectivity index is -0.000000122. The number of allylic oxidation sites excluding steroid dienone is 3. The fourth-order valence-electron chi connectivity index (χ4n) is 0.846. The third kappa shape index (κ3) is 50.3. The van der Waals surface area contributed by atoms with E-state index in [1.54, 1.807) is 0 Å². The summed E-state index contributed by atoms with van der Waals surface area (Å²) in [6.07, 6.45) is 6.23. The predicted octanol–water partition coefficient (Wildman–Crippen LogP) is -0.692. The van der Waals surface area contributed by atoms with E-state index in [1.807, 2.05) is 6.08 Å². The van der Waals surface area contributed by atoms with Crippen LogP contribution in [0.2, 0.25) is 0 Å². The molecular formula is C13H29Ge3NO5. The van der Waals surface area contributed by atoms with Crippen molar-refractivity contribution in [2.24, 2.45) is 0 Å². The molecule has 0 aliphatic rings. The monoisotopic (exact) mass is 501 g/mol. The Bertz CT molecular complexity index is 340. The van der Waals surface area contributed by atoms with Crippen LogP contribution in [0.1, 0.15) is 40.5 Å². The summed E-state index contributed by atoms with van der Waals surface area (Å²) in [5.41, 5.74) is 2.63. The van der Waals surface area contributed by atoms with Gasteiger partial charge in [-0.1, -0.05) is 23.3 Å². The van der Waals surface area contributed by atoms with Gasteiger partial charge < -0.3 is 5.11 Å². The fourth-order valence-corrected chi connectivity index (χ4v) is 0.846. The van der Waals surface area contributed by atoms with Crippen molar-refractivity contribution in [3.05, 3.63) is 23.3 Å². The number of hydrogen-bond donors (Lipinski definition) is 1. The standard InChI is InChI=1S/C10H18O.C2H6GeO2.CH4GeO2.GeHN/c1-9(2)5-4-6-10(3)7-8-11;1-2(4)5-3;2-4-1-3;1-2/h5,7,11H,4,6,8H2,1-3H3;1,3H3;1H,2H3;1H/b10-7+;;;. The number of aliphatic hydroxyl groups excluding tert-OH is 1. The molecule has 0 fully saturated rings. The summed E-state index contributed by atoms with van der Waals surface area (Å²) in [7, 11) is 0. The van der Waals surface area contributed by atoms with E-state index in [9.17, 15) is 4.79 Å². The number of aliphatic hydroxyl groups is 1. The molecule has 0 atom stereocenters. The third-order valence-corrected chi connectivity index (χ3v) is 3.52. The first-order chi connectivity index (χ1) is 10.3. The van der Waals surface area contributed by atoms with Crippen molar-refractivity contribution >= 4 is 62.3 Å². The predicted molar refractivity (Wildman–Crippen MR) is 97.2 cm³/mol. The van der Waals surface area contributed by atoms with Gasteiger partial charge in [0.2, 0.25) is 0 Å². The molecule has 1 N–H and O–H groups in total. The maximum absolute atomic E-state index is 9.64. The molecule has 0 amide bonds. The number of rotatable bonds is 5. The molecule has 0 aromatic heterocycles. The van der Waals surface area contributed by atoms with Crippen molar-refractivity contribution in [1.82, 2.24) is 0 Å². The number of hydrogen-bond acceptors (Lipinski definition) is 6. The van der Waals surface area contributed by atoms with Crippen molar-refractivity contribution in [3.63, 3.8) is 0 Å². The van der Waals surface area contributed by atoms with E-state index >= 15 is 0 Å². The second-order valence-corrected chi connectivity index (χ2v) is 5.93. The Hall–Kier alpha value is -0.281. The first-order valence-corrected chi connectivity index (χ1v) is 11.0. The van der Waals surface area contributed by atoms with E-state index in [1.165, 1.54) is 18.1 Å². The molecule has 0 rings (SSSR count). The first kappa shape index (κ1) is 29.7. The van der Waals surface area contributed by atoms with Crippen LogP contribution in [0.25, 0.3) is 0 Å². The molecule has 0 radical (unpaired) electrons. The maximum atomic E-state index is 9.64. The van der Waals surface area contributed by atoms with Crippen molar-refractivity contribution in [2.75, 3.05) is 6.61 Å². The zero-order valence-corrected chi connectivity index (χ0v) is 25.3. The van der Waals surface area contributed by atoms with Crippen LogP contribution in [0, 0.1) is 4.14 Å². The van der Waals surface area contributed by atoms with Crippen molar-refractivity contribution < 1.29 is 22.2 Å². The van der Waals surface area contributed by atoms with E-state index < -0.39 is 0 Å². The molecule has 0 saturated heterocycles. The number of carbonyl (C=O) groups excluding carboxylic acids is 2. The minimum atomic E-state index is -0.162. The molecule has 128 valence electrons. The van der Waals surface area contributed by atoms with E-state index in [-0.39, 0.29) is 46.3 Å². The Morgan fingerprint density at radius 3 is 1.82 bits per heavy atom. The van der Waals surface area contributed by atoms with Crippen LogP contribution in [-0.2, 0) is 17.1 Å². The molecule has 0 aromatic carbocycles. The molecule has 22 heavy (non-hydrogen) atoms. The van der Waals surface area contributed by atoms with E-state index in [2.05, 4.69) is 34.4 Å². The molecule has 0 unspecified atom stereocenters. The second-order valence-electron chi connectivity index (χ2n) is 4.08. The van der Waals surface area contributed by atoms with E-state index in [4.69, 9.17) is 14.0 Å². The van der Waals surface area contributed by atoms with Crippen LogP contribution >= 0.6 is 0 Å². The van der Waals surface area contributed by atoms with Crippen molar-refractivity contribution in [3.8, 4) is 0 Å². The number of carbonyl (C=O) groups is 2. The van der Waals surface area contributed by atoms with Crippen molar-refractivity contribution in [1.29, 1.82) is 4.14 Å². The third-order valence-electron chi connectivity index (χ3n) is 1.91. The molecule has 0 saturated carbocycles. The Morgan fingerprint density at radius 2 is 1.59 bits per heavy atom. The summed E-state index contributed by atoms with van der Waals surface area (Å²) in [5, 5.41) is 8.55. The topological polar surface area (TPSA) is 96.6 Å².